The highest BCUT2D eigenvalue weighted by molar-refractivity contribution is 5.76. The molecule has 0 aliphatic heterocycles. The highest BCUT2D eigenvalue weighted by Crippen LogP contribution is 2.32. The number of hydrogen-bond donors (Lipinski definition) is 0. The van der Waals surface area contributed by atoms with E-state index in [2.05, 4.69) is 15.2 Å². The zero-order chi connectivity index (χ0) is 21.3. The number of aromatic nitrogens is 3. The predicted octanol–water partition coefficient (Wildman–Crippen LogP) is 5.30. The molecule has 4 nitrogen and oxygen atoms in total. The van der Waals surface area contributed by atoms with Crippen molar-refractivity contribution >= 4 is 0 Å². The minimum absolute atomic E-state index is 0.0269. The fourth-order valence-electron chi connectivity index (χ4n) is 2.99. The molecule has 0 saturated heterocycles. The summed E-state index contributed by atoms with van der Waals surface area (Å²) in [4.78, 5) is 4.22. The fraction of sp³-hybridized carbons (Fsp3) is 0. The summed E-state index contributed by atoms with van der Waals surface area (Å²) in [5.74, 6) is -3.19. The minimum atomic E-state index is -0.862. The van der Waals surface area contributed by atoms with Crippen LogP contribution in [-0.2, 0) is 0 Å². The molecule has 30 heavy (non-hydrogen) atoms. The van der Waals surface area contributed by atoms with Crippen LogP contribution in [0.5, 0.6) is 0 Å². The molecule has 1 aromatic heterocycles. The molecule has 4 rings (SSSR count). The van der Waals surface area contributed by atoms with E-state index in [1.165, 1.54) is 36.5 Å². The van der Waals surface area contributed by atoms with E-state index in [1.54, 1.807) is 0 Å². The van der Waals surface area contributed by atoms with Crippen molar-refractivity contribution in [2.24, 2.45) is 0 Å². The van der Waals surface area contributed by atoms with Crippen molar-refractivity contribution in [3.8, 4) is 39.8 Å². The summed E-state index contributed by atoms with van der Waals surface area (Å²) < 4.78 is 56.1. The van der Waals surface area contributed by atoms with Crippen LogP contribution in [-0.4, -0.2) is 15.2 Å². The zero-order valence-electron chi connectivity index (χ0n) is 15.1. The first-order valence-corrected chi connectivity index (χ1v) is 8.62. The molecule has 1 heterocycles. The monoisotopic (exact) mass is 406 g/mol. The molecule has 0 saturated carbocycles. The highest BCUT2D eigenvalue weighted by atomic mass is 19.1. The van der Waals surface area contributed by atoms with Gasteiger partial charge in [0.1, 0.15) is 23.3 Å². The molecular formula is C22H10F4N4. The standard InChI is InChI=1S/C22H10F4N4/c23-14-5-6-15(19(26)9-14)22-29-20(11-28-30-22)12-4-7-17(24)16(8-12)21-13(10-27)2-1-3-18(21)25/h1-9,11H. The average Bonchev–Trinajstić information content (AvgIpc) is 2.74. The molecule has 0 spiro atoms. The Bertz CT molecular complexity index is 1320. The maximum atomic E-state index is 14.5. The van der Waals surface area contributed by atoms with Gasteiger partial charge >= 0.3 is 0 Å². The molecule has 3 aromatic carbocycles. The van der Waals surface area contributed by atoms with E-state index in [0.29, 0.717) is 11.6 Å². The van der Waals surface area contributed by atoms with Gasteiger partial charge in [-0.3, -0.25) is 0 Å². The lowest BCUT2D eigenvalue weighted by atomic mass is 9.96. The van der Waals surface area contributed by atoms with Gasteiger partial charge in [0.15, 0.2) is 5.82 Å². The number of nitrogens with zero attached hydrogens (tertiary/aromatic N) is 4. The number of halogens is 4. The van der Waals surface area contributed by atoms with Gasteiger partial charge in [-0.25, -0.2) is 22.5 Å². The van der Waals surface area contributed by atoms with Gasteiger partial charge in [-0.1, -0.05) is 6.07 Å². The van der Waals surface area contributed by atoms with Crippen LogP contribution in [0.2, 0.25) is 0 Å². The van der Waals surface area contributed by atoms with E-state index in [0.717, 1.165) is 18.2 Å². The molecule has 0 amide bonds. The summed E-state index contributed by atoms with van der Waals surface area (Å²) in [7, 11) is 0. The molecule has 0 atom stereocenters. The summed E-state index contributed by atoms with van der Waals surface area (Å²) in [5.41, 5.74) is 0.161. The number of benzene rings is 3. The Balaban J connectivity index is 1.84. The van der Waals surface area contributed by atoms with Gasteiger partial charge in [0.2, 0.25) is 0 Å². The van der Waals surface area contributed by atoms with Crippen LogP contribution in [0.15, 0.2) is 60.8 Å². The summed E-state index contributed by atoms with van der Waals surface area (Å²) in [6.45, 7) is 0. The van der Waals surface area contributed by atoms with Gasteiger partial charge < -0.3 is 0 Å². The van der Waals surface area contributed by atoms with Crippen molar-refractivity contribution < 1.29 is 17.6 Å². The lowest BCUT2D eigenvalue weighted by molar-refractivity contribution is 0.584. The largest absolute Gasteiger partial charge is 0.225 e. The van der Waals surface area contributed by atoms with Crippen LogP contribution in [0, 0.1) is 34.6 Å². The van der Waals surface area contributed by atoms with Crippen molar-refractivity contribution in [2.75, 3.05) is 0 Å². The SMILES string of the molecule is N#Cc1cccc(F)c1-c1cc(-c2cnnc(-c3ccc(F)cc3F)n2)ccc1F. The van der Waals surface area contributed by atoms with E-state index >= 15 is 0 Å². The molecule has 8 heteroatoms. The normalized spacial score (nSPS) is 10.6. The van der Waals surface area contributed by atoms with Gasteiger partial charge in [0.25, 0.3) is 0 Å². The van der Waals surface area contributed by atoms with Crippen molar-refractivity contribution in [3.05, 3.63) is 89.6 Å². The third kappa shape index (κ3) is 3.49. The molecule has 0 fully saturated rings. The second kappa shape index (κ2) is 7.72. The Morgan fingerprint density at radius 1 is 0.800 bits per heavy atom. The first-order valence-electron chi connectivity index (χ1n) is 8.62. The van der Waals surface area contributed by atoms with E-state index < -0.39 is 23.3 Å². The summed E-state index contributed by atoms with van der Waals surface area (Å²) in [6.07, 6.45) is 1.27. The number of rotatable bonds is 3. The van der Waals surface area contributed by atoms with Crippen LogP contribution >= 0.6 is 0 Å². The summed E-state index contributed by atoms with van der Waals surface area (Å²) >= 11 is 0. The van der Waals surface area contributed by atoms with Crippen molar-refractivity contribution in [1.29, 1.82) is 5.26 Å². The first kappa shape index (κ1) is 19.2. The molecule has 0 radical (unpaired) electrons. The third-order valence-electron chi connectivity index (χ3n) is 4.40. The van der Waals surface area contributed by atoms with Crippen molar-refractivity contribution in [1.82, 2.24) is 15.2 Å². The van der Waals surface area contributed by atoms with Crippen LogP contribution in [0.4, 0.5) is 17.6 Å². The van der Waals surface area contributed by atoms with E-state index in [4.69, 9.17) is 0 Å². The quantitative estimate of drug-likeness (QED) is 0.433. The van der Waals surface area contributed by atoms with Gasteiger partial charge in [0.05, 0.1) is 29.1 Å². The van der Waals surface area contributed by atoms with Gasteiger partial charge in [-0.05, 0) is 42.5 Å². The molecule has 146 valence electrons. The zero-order valence-corrected chi connectivity index (χ0v) is 15.1. The second-order valence-electron chi connectivity index (χ2n) is 6.26. The lowest BCUT2D eigenvalue weighted by Crippen LogP contribution is -1.98. The molecule has 4 aromatic rings. The number of hydrogen-bond acceptors (Lipinski definition) is 4. The fourth-order valence-corrected chi connectivity index (χ4v) is 2.99. The maximum absolute atomic E-state index is 14.5. The first-order chi connectivity index (χ1) is 14.5. The van der Waals surface area contributed by atoms with Crippen LogP contribution in [0.3, 0.4) is 0 Å². The average molecular weight is 406 g/mol. The number of nitriles is 1. The predicted molar refractivity (Wildman–Crippen MR) is 101 cm³/mol. The summed E-state index contributed by atoms with van der Waals surface area (Å²) in [6, 6.07) is 12.5. The molecule has 0 aliphatic rings. The van der Waals surface area contributed by atoms with E-state index in [9.17, 15) is 22.8 Å². The smallest absolute Gasteiger partial charge is 0.185 e. The Kier molecular flexibility index (Phi) is 4.94. The molecule has 0 N–H and O–H groups in total. The van der Waals surface area contributed by atoms with Crippen LogP contribution in [0.1, 0.15) is 5.56 Å². The molecule has 0 aliphatic carbocycles. The van der Waals surface area contributed by atoms with E-state index in [1.807, 2.05) is 6.07 Å². The molecular weight excluding hydrogens is 396 g/mol. The second-order valence-corrected chi connectivity index (χ2v) is 6.26. The Morgan fingerprint density at radius 3 is 2.40 bits per heavy atom. The minimum Gasteiger partial charge on any atom is -0.225 e. The maximum Gasteiger partial charge on any atom is 0.185 e. The van der Waals surface area contributed by atoms with Gasteiger partial charge in [-0.15, -0.1) is 5.10 Å². The highest BCUT2D eigenvalue weighted by Gasteiger charge is 2.17. The Hall–Kier alpha value is -4.12. The molecule has 0 unspecified atom stereocenters. The summed E-state index contributed by atoms with van der Waals surface area (Å²) in [5, 5.41) is 16.8. The lowest BCUT2D eigenvalue weighted by Gasteiger charge is -2.10. The van der Waals surface area contributed by atoms with Crippen molar-refractivity contribution in [2.45, 2.75) is 0 Å². The third-order valence-corrected chi connectivity index (χ3v) is 4.40. The van der Waals surface area contributed by atoms with Gasteiger partial charge in [0, 0.05) is 22.8 Å². The molecule has 0 bridgehead atoms. The topological polar surface area (TPSA) is 62.5 Å². The van der Waals surface area contributed by atoms with E-state index in [-0.39, 0.29) is 33.8 Å². The van der Waals surface area contributed by atoms with Crippen LogP contribution < -0.4 is 0 Å². The van der Waals surface area contributed by atoms with Gasteiger partial charge in [-0.2, -0.15) is 10.4 Å². The van der Waals surface area contributed by atoms with Crippen LogP contribution in [0.25, 0.3) is 33.8 Å². The Labute approximate surface area is 168 Å². The van der Waals surface area contributed by atoms with Crippen molar-refractivity contribution in [3.63, 3.8) is 0 Å². The Morgan fingerprint density at radius 2 is 1.63 bits per heavy atom.